The average Bonchev–Trinajstić information content (AvgIpc) is 2.26. The molecule has 0 saturated carbocycles. The van der Waals surface area contributed by atoms with Crippen LogP contribution in [0, 0.1) is 0 Å². The molecule has 1 aromatic rings. The lowest BCUT2D eigenvalue weighted by molar-refractivity contribution is 0.0964. The van der Waals surface area contributed by atoms with Gasteiger partial charge >= 0.3 is 0 Å². The van der Waals surface area contributed by atoms with E-state index in [1.165, 1.54) is 12.4 Å². The number of nitrogens with two attached hydrogens (primary N) is 1. The number of nitrogen functional groups attached to an aromatic ring is 1. The van der Waals surface area contributed by atoms with Crippen LogP contribution >= 0.6 is 0 Å². The van der Waals surface area contributed by atoms with Crippen LogP contribution in [0.2, 0.25) is 0 Å². The third-order valence-corrected chi connectivity index (χ3v) is 1.77. The summed E-state index contributed by atoms with van der Waals surface area (Å²) in [5.41, 5.74) is 5.38. The zero-order valence-corrected chi connectivity index (χ0v) is 8.98. The van der Waals surface area contributed by atoms with Crippen LogP contribution in [0.25, 0.3) is 0 Å². The van der Waals surface area contributed by atoms with Crippen molar-refractivity contribution in [3.8, 4) is 5.88 Å². The van der Waals surface area contributed by atoms with Gasteiger partial charge in [0.25, 0.3) is 0 Å². The van der Waals surface area contributed by atoms with E-state index in [1.807, 2.05) is 0 Å². The summed E-state index contributed by atoms with van der Waals surface area (Å²) in [4.78, 5) is 7.80. The Hall–Kier alpha value is -1.36. The van der Waals surface area contributed by atoms with Crippen molar-refractivity contribution in [3.05, 3.63) is 12.4 Å². The van der Waals surface area contributed by atoms with Gasteiger partial charge in [-0.3, -0.25) is 0 Å². The number of ether oxygens (including phenoxy) is 2. The maximum absolute atomic E-state index is 5.38. The van der Waals surface area contributed by atoms with Gasteiger partial charge in [0.05, 0.1) is 19.0 Å². The lowest BCUT2D eigenvalue weighted by Crippen LogP contribution is -2.08. The van der Waals surface area contributed by atoms with Crippen molar-refractivity contribution in [3.63, 3.8) is 0 Å². The normalized spacial score (nSPS) is 10.2. The van der Waals surface area contributed by atoms with Crippen LogP contribution in [0.15, 0.2) is 12.4 Å². The Kier molecular flexibility index (Phi) is 5.47. The first-order valence-electron chi connectivity index (χ1n) is 5.11. The predicted molar refractivity (Wildman–Crippen MR) is 57.7 cm³/mol. The number of hydrogen-bond donors (Lipinski definition) is 1. The topological polar surface area (TPSA) is 70.3 Å². The number of rotatable bonds is 7. The summed E-state index contributed by atoms with van der Waals surface area (Å²) < 4.78 is 10.6. The Morgan fingerprint density at radius 3 is 2.73 bits per heavy atom. The second kappa shape index (κ2) is 7.00. The van der Waals surface area contributed by atoms with Crippen molar-refractivity contribution >= 4 is 5.82 Å². The minimum atomic E-state index is 0.390. The molecule has 1 rings (SSSR count). The first-order chi connectivity index (χ1) is 7.33. The summed E-state index contributed by atoms with van der Waals surface area (Å²) in [6.07, 6.45) is 5.20. The molecule has 5 heteroatoms. The number of nitrogens with zero attached hydrogens (tertiary/aromatic N) is 2. The van der Waals surface area contributed by atoms with Crippen LogP contribution in [-0.2, 0) is 4.74 Å². The van der Waals surface area contributed by atoms with Crippen molar-refractivity contribution in [2.24, 2.45) is 0 Å². The smallest absolute Gasteiger partial charge is 0.232 e. The zero-order chi connectivity index (χ0) is 10.9. The first kappa shape index (κ1) is 11.7. The van der Waals surface area contributed by atoms with Gasteiger partial charge in [-0.2, -0.15) is 0 Å². The van der Waals surface area contributed by atoms with E-state index in [1.54, 1.807) is 0 Å². The van der Waals surface area contributed by atoms with Crippen LogP contribution in [0.5, 0.6) is 5.88 Å². The van der Waals surface area contributed by atoms with Gasteiger partial charge in [-0.25, -0.2) is 9.97 Å². The van der Waals surface area contributed by atoms with Crippen LogP contribution in [0.1, 0.15) is 19.8 Å². The largest absolute Gasteiger partial charge is 0.474 e. The zero-order valence-electron chi connectivity index (χ0n) is 8.98. The fourth-order valence-corrected chi connectivity index (χ4v) is 0.954. The second-order valence-electron chi connectivity index (χ2n) is 3.09. The van der Waals surface area contributed by atoms with Gasteiger partial charge in [-0.15, -0.1) is 0 Å². The highest BCUT2D eigenvalue weighted by molar-refractivity contribution is 5.24. The highest BCUT2D eigenvalue weighted by Crippen LogP contribution is 2.03. The number of hydrogen-bond acceptors (Lipinski definition) is 5. The molecule has 0 aliphatic heterocycles. The first-order valence-corrected chi connectivity index (χ1v) is 5.11. The molecule has 0 fully saturated rings. The van der Waals surface area contributed by atoms with Gasteiger partial charge in [0.2, 0.25) is 5.88 Å². The second-order valence-corrected chi connectivity index (χ2v) is 3.09. The van der Waals surface area contributed by atoms with E-state index in [0.717, 1.165) is 19.4 Å². The third-order valence-electron chi connectivity index (χ3n) is 1.77. The molecule has 0 aliphatic carbocycles. The summed E-state index contributed by atoms with van der Waals surface area (Å²) in [5, 5.41) is 0. The van der Waals surface area contributed by atoms with Crippen LogP contribution in [0.3, 0.4) is 0 Å². The fraction of sp³-hybridized carbons (Fsp3) is 0.600. The van der Waals surface area contributed by atoms with Crippen LogP contribution in [0.4, 0.5) is 5.82 Å². The van der Waals surface area contributed by atoms with E-state index in [-0.39, 0.29) is 0 Å². The molecule has 0 aromatic carbocycles. The summed E-state index contributed by atoms with van der Waals surface area (Å²) >= 11 is 0. The van der Waals surface area contributed by atoms with E-state index in [4.69, 9.17) is 15.2 Å². The highest BCUT2D eigenvalue weighted by Gasteiger charge is 1.95. The Balaban J connectivity index is 2.07. The summed E-state index contributed by atoms with van der Waals surface area (Å²) in [6, 6.07) is 0. The summed E-state index contributed by atoms with van der Waals surface area (Å²) in [7, 11) is 0. The van der Waals surface area contributed by atoms with E-state index < -0.39 is 0 Å². The lowest BCUT2D eigenvalue weighted by atomic mass is 10.4. The van der Waals surface area contributed by atoms with Gasteiger partial charge in [-0.1, -0.05) is 13.3 Å². The van der Waals surface area contributed by atoms with E-state index >= 15 is 0 Å². The molecule has 1 heterocycles. The molecule has 0 atom stereocenters. The molecular formula is C10H17N3O2. The molecule has 0 radical (unpaired) electrons. The van der Waals surface area contributed by atoms with Crippen LogP contribution < -0.4 is 10.5 Å². The SMILES string of the molecule is CCCCOCCOc1cnc(N)cn1. The quantitative estimate of drug-likeness (QED) is 0.687. The molecule has 2 N–H and O–H groups in total. The number of anilines is 1. The van der Waals surface area contributed by atoms with Gasteiger partial charge in [0.15, 0.2) is 0 Å². The maximum Gasteiger partial charge on any atom is 0.232 e. The Bertz CT molecular complexity index is 264. The molecule has 0 aliphatic rings. The molecule has 0 bridgehead atoms. The molecule has 0 unspecified atom stereocenters. The standard InChI is InChI=1S/C10H17N3O2/c1-2-3-4-14-5-6-15-10-8-12-9(11)7-13-10/h7-8H,2-6H2,1H3,(H2,11,12). The number of unbranched alkanes of at least 4 members (excludes halogenated alkanes) is 1. The van der Waals surface area contributed by atoms with Crippen molar-refractivity contribution < 1.29 is 9.47 Å². The van der Waals surface area contributed by atoms with Crippen molar-refractivity contribution in [1.29, 1.82) is 0 Å². The third kappa shape index (κ3) is 5.17. The van der Waals surface area contributed by atoms with Gasteiger partial charge in [0.1, 0.15) is 12.4 Å². The summed E-state index contributed by atoms with van der Waals surface area (Å²) in [5.74, 6) is 0.866. The molecule has 1 aromatic heterocycles. The highest BCUT2D eigenvalue weighted by atomic mass is 16.5. The van der Waals surface area contributed by atoms with Crippen LogP contribution in [-0.4, -0.2) is 29.8 Å². The lowest BCUT2D eigenvalue weighted by Gasteiger charge is -2.05. The van der Waals surface area contributed by atoms with Gasteiger partial charge < -0.3 is 15.2 Å². The number of aromatic nitrogens is 2. The van der Waals surface area contributed by atoms with Crippen molar-refractivity contribution in [2.75, 3.05) is 25.6 Å². The minimum Gasteiger partial charge on any atom is -0.474 e. The van der Waals surface area contributed by atoms with E-state index in [9.17, 15) is 0 Å². The van der Waals surface area contributed by atoms with Gasteiger partial charge in [0, 0.05) is 6.61 Å². The Morgan fingerprint density at radius 1 is 1.20 bits per heavy atom. The molecular weight excluding hydrogens is 194 g/mol. The van der Waals surface area contributed by atoms with E-state index in [2.05, 4.69) is 16.9 Å². The molecule has 15 heavy (non-hydrogen) atoms. The minimum absolute atomic E-state index is 0.390. The van der Waals surface area contributed by atoms with Crippen molar-refractivity contribution in [2.45, 2.75) is 19.8 Å². The molecule has 5 nitrogen and oxygen atoms in total. The average molecular weight is 211 g/mol. The monoisotopic (exact) mass is 211 g/mol. The summed E-state index contributed by atoms with van der Waals surface area (Å²) in [6.45, 7) is 3.98. The van der Waals surface area contributed by atoms with Crippen molar-refractivity contribution in [1.82, 2.24) is 9.97 Å². The molecule has 0 amide bonds. The molecule has 84 valence electrons. The molecule has 0 spiro atoms. The fourth-order valence-electron chi connectivity index (χ4n) is 0.954. The Morgan fingerprint density at radius 2 is 2.07 bits per heavy atom. The molecule has 0 saturated heterocycles. The van der Waals surface area contributed by atoms with E-state index in [0.29, 0.717) is 24.9 Å². The van der Waals surface area contributed by atoms with Gasteiger partial charge in [-0.05, 0) is 6.42 Å². The predicted octanol–water partition coefficient (Wildman–Crippen LogP) is 1.25. The Labute approximate surface area is 89.6 Å². The maximum atomic E-state index is 5.38.